The van der Waals surface area contributed by atoms with Crippen molar-refractivity contribution in [1.29, 1.82) is 0 Å². The highest BCUT2D eigenvalue weighted by Gasteiger charge is 2.26. The van der Waals surface area contributed by atoms with E-state index in [2.05, 4.69) is 0 Å². The molecule has 4 nitrogen and oxygen atoms in total. The monoisotopic (exact) mass is 283 g/mol. The highest BCUT2D eigenvalue weighted by Crippen LogP contribution is 2.14. The molecule has 0 aliphatic carbocycles. The number of carbonyl (C=O) groups excluding carboxylic acids is 1. The van der Waals surface area contributed by atoms with E-state index in [1.54, 1.807) is 37.9 Å². The van der Waals surface area contributed by atoms with E-state index in [9.17, 15) is 14.3 Å². The van der Waals surface area contributed by atoms with Crippen LogP contribution in [0.15, 0.2) is 24.3 Å². The Hall–Kier alpha value is -1.62. The molecule has 5 heteroatoms. The summed E-state index contributed by atoms with van der Waals surface area (Å²) in [5, 5.41) is 9.21. The first-order valence-corrected chi connectivity index (χ1v) is 6.63. The number of hydrogen-bond donors (Lipinski definition) is 1. The lowest BCUT2D eigenvalue weighted by Crippen LogP contribution is -2.47. The Morgan fingerprint density at radius 2 is 1.95 bits per heavy atom. The summed E-state index contributed by atoms with van der Waals surface area (Å²) in [6.07, 6.45) is 0.920. The lowest BCUT2D eigenvalue weighted by molar-refractivity contribution is -0.136. The molecule has 0 atom stereocenters. The molecular formula is C15H22FNO3. The fraction of sp³-hybridized carbons (Fsp3) is 0.533. The van der Waals surface area contributed by atoms with Gasteiger partial charge in [-0.1, -0.05) is 0 Å². The smallest absolute Gasteiger partial charge is 0.222 e. The lowest BCUT2D eigenvalue weighted by Gasteiger charge is -2.34. The Balaban J connectivity index is 2.30. The van der Waals surface area contributed by atoms with Crippen molar-refractivity contribution < 1.29 is 19.0 Å². The van der Waals surface area contributed by atoms with E-state index in [1.165, 1.54) is 12.1 Å². The van der Waals surface area contributed by atoms with E-state index in [4.69, 9.17) is 4.74 Å². The van der Waals surface area contributed by atoms with Gasteiger partial charge in [-0.3, -0.25) is 4.79 Å². The van der Waals surface area contributed by atoms with Gasteiger partial charge in [0.2, 0.25) is 5.91 Å². The van der Waals surface area contributed by atoms with Crippen molar-refractivity contribution in [3.05, 3.63) is 30.1 Å². The molecule has 112 valence electrons. The molecule has 0 unspecified atom stereocenters. The average molecular weight is 283 g/mol. The predicted octanol–water partition coefficient (Wildman–Crippen LogP) is 2.21. The highest BCUT2D eigenvalue weighted by molar-refractivity contribution is 5.76. The number of likely N-dealkylation sites (N-methyl/N-ethyl adjacent to an activating group) is 1. The Bertz CT molecular complexity index is 431. The van der Waals surface area contributed by atoms with Gasteiger partial charge in [-0.25, -0.2) is 4.39 Å². The van der Waals surface area contributed by atoms with Crippen LogP contribution in [0.5, 0.6) is 5.75 Å². The summed E-state index contributed by atoms with van der Waals surface area (Å²) in [5.41, 5.74) is -0.561. The number of aliphatic hydroxyl groups is 1. The third kappa shape index (κ3) is 4.81. The molecule has 0 spiro atoms. The third-order valence-electron chi connectivity index (χ3n) is 3.29. The molecule has 0 aliphatic rings. The van der Waals surface area contributed by atoms with Gasteiger partial charge in [0.1, 0.15) is 11.6 Å². The van der Waals surface area contributed by atoms with E-state index < -0.39 is 5.54 Å². The number of ether oxygens (including phenoxy) is 1. The van der Waals surface area contributed by atoms with Crippen molar-refractivity contribution in [2.45, 2.75) is 32.2 Å². The molecule has 20 heavy (non-hydrogen) atoms. The first-order chi connectivity index (χ1) is 9.36. The second-order valence-corrected chi connectivity index (χ2v) is 5.33. The van der Waals surface area contributed by atoms with E-state index >= 15 is 0 Å². The lowest BCUT2D eigenvalue weighted by atomic mass is 10.0. The standard InChI is InChI=1S/C15H22FNO3/c1-15(2,11-18)17(3)14(19)5-4-10-20-13-8-6-12(16)7-9-13/h6-9,18H,4-5,10-11H2,1-3H3. The molecule has 1 rings (SSSR count). The van der Waals surface area contributed by atoms with Crippen molar-refractivity contribution in [3.8, 4) is 5.75 Å². The van der Waals surface area contributed by atoms with Crippen molar-refractivity contribution in [1.82, 2.24) is 4.90 Å². The molecule has 0 bridgehead atoms. The van der Waals surface area contributed by atoms with Crippen molar-refractivity contribution in [2.24, 2.45) is 0 Å². The van der Waals surface area contributed by atoms with E-state index in [0.29, 0.717) is 25.2 Å². The normalized spacial score (nSPS) is 11.2. The van der Waals surface area contributed by atoms with Crippen molar-refractivity contribution in [3.63, 3.8) is 0 Å². The predicted molar refractivity (Wildman–Crippen MR) is 75.1 cm³/mol. The minimum Gasteiger partial charge on any atom is -0.494 e. The minimum absolute atomic E-state index is 0.0354. The van der Waals surface area contributed by atoms with Gasteiger partial charge < -0.3 is 14.7 Å². The van der Waals surface area contributed by atoms with Crippen molar-refractivity contribution in [2.75, 3.05) is 20.3 Å². The van der Waals surface area contributed by atoms with Crippen LogP contribution in [0.4, 0.5) is 4.39 Å². The van der Waals surface area contributed by atoms with Gasteiger partial charge >= 0.3 is 0 Å². The molecule has 0 aromatic heterocycles. The zero-order chi connectivity index (χ0) is 15.2. The molecule has 0 aliphatic heterocycles. The topological polar surface area (TPSA) is 49.8 Å². The summed E-state index contributed by atoms with van der Waals surface area (Å²) in [7, 11) is 1.68. The Morgan fingerprint density at radius 1 is 1.35 bits per heavy atom. The van der Waals surface area contributed by atoms with Gasteiger partial charge in [0.25, 0.3) is 0 Å². The van der Waals surface area contributed by atoms with Gasteiger partial charge in [0.15, 0.2) is 0 Å². The van der Waals surface area contributed by atoms with Crippen LogP contribution in [0, 0.1) is 5.82 Å². The fourth-order valence-corrected chi connectivity index (χ4v) is 1.56. The Morgan fingerprint density at radius 3 is 2.50 bits per heavy atom. The van der Waals surface area contributed by atoms with Gasteiger partial charge in [-0.15, -0.1) is 0 Å². The number of halogens is 1. The molecule has 1 aromatic carbocycles. The van der Waals surface area contributed by atoms with Crippen LogP contribution in [0.2, 0.25) is 0 Å². The molecule has 0 fully saturated rings. The Labute approximate surface area is 119 Å². The minimum atomic E-state index is -0.561. The number of amides is 1. The number of carbonyl (C=O) groups is 1. The fourth-order valence-electron chi connectivity index (χ4n) is 1.56. The second kappa shape index (κ2) is 7.24. The van der Waals surface area contributed by atoms with Gasteiger partial charge in [0.05, 0.1) is 18.8 Å². The SMILES string of the molecule is CN(C(=O)CCCOc1ccc(F)cc1)C(C)(C)CO. The van der Waals surface area contributed by atoms with Crippen LogP contribution < -0.4 is 4.74 Å². The van der Waals surface area contributed by atoms with Crippen LogP contribution in [-0.4, -0.2) is 41.7 Å². The van der Waals surface area contributed by atoms with Crippen molar-refractivity contribution >= 4 is 5.91 Å². The first kappa shape index (κ1) is 16.4. The van der Waals surface area contributed by atoms with Crippen LogP contribution in [0.1, 0.15) is 26.7 Å². The van der Waals surface area contributed by atoms with Gasteiger partial charge in [0, 0.05) is 13.5 Å². The molecule has 0 saturated carbocycles. The quantitative estimate of drug-likeness (QED) is 0.781. The number of rotatable bonds is 7. The first-order valence-electron chi connectivity index (χ1n) is 6.63. The molecular weight excluding hydrogens is 261 g/mol. The van der Waals surface area contributed by atoms with Crippen LogP contribution in [0.25, 0.3) is 0 Å². The maximum Gasteiger partial charge on any atom is 0.222 e. The number of aliphatic hydroxyl groups excluding tert-OH is 1. The molecule has 0 heterocycles. The zero-order valence-corrected chi connectivity index (χ0v) is 12.2. The maximum atomic E-state index is 12.7. The van der Waals surface area contributed by atoms with Crippen LogP contribution in [-0.2, 0) is 4.79 Å². The molecule has 1 N–H and O–H groups in total. The zero-order valence-electron chi connectivity index (χ0n) is 12.2. The van der Waals surface area contributed by atoms with E-state index in [1.807, 2.05) is 0 Å². The Kier molecular flexibility index (Phi) is 5.95. The third-order valence-corrected chi connectivity index (χ3v) is 3.29. The molecule has 1 amide bonds. The summed E-state index contributed by atoms with van der Waals surface area (Å²) in [4.78, 5) is 13.5. The van der Waals surface area contributed by atoms with E-state index in [-0.39, 0.29) is 18.3 Å². The summed E-state index contributed by atoms with van der Waals surface area (Å²) in [6.45, 7) is 3.92. The second-order valence-electron chi connectivity index (χ2n) is 5.33. The summed E-state index contributed by atoms with van der Waals surface area (Å²) >= 11 is 0. The summed E-state index contributed by atoms with van der Waals surface area (Å²) in [6, 6.07) is 5.77. The summed E-state index contributed by atoms with van der Waals surface area (Å²) < 4.78 is 18.1. The maximum absolute atomic E-state index is 12.7. The summed E-state index contributed by atoms with van der Waals surface area (Å²) in [5.74, 6) is 0.245. The molecule has 1 aromatic rings. The van der Waals surface area contributed by atoms with Gasteiger partial charge in [-0.05, 0) is 44.5 Å². The molecule has 0 radical (unpaired) electrons. The molecule has 0 saturated heterocycles. The largest absolute Gasteiger partial charge is 0.494 e. The van der Waals surface area contributed by atoms with E-state index in [0.717, 1.165) is 0 Å². The van der Waals surface area contributed by atoms with Crippen LogP contribution >= 0.6 is 0 Å². The number of benzene rings is 1. The average Bonchev–Trinajstić information content (AvgIpc) is 2.44. The number of nitrogens with zero attached hydrogens (tertiary/aromatic N) is 1. The van der Waals surface area contributed by atoms with Gasteiger partial charge in [-0.2, -0.15) is 0 Å². The number of hydrogen-bond acceptors (Lipinski definition) is 3. The van der Waals surface area contributed by atoms with Crippen LogP contribution in [0.3, 0.4) is 0 Å². The highest BCUT2D eigenvalue weighted by atomic mass is 19.1.